The molecular formula is C23H19FN2O4. The number of esters is 1. The average Bonchev–Trinajstić information content (AvgIpc) is 2.77. The van der Waals surface area contributed by atoms with Crippen molar-refractivity contribution >= 4 is 23.5 Å². The number of para-hydroxylation sites is 1. The minimum atomic E-state index is -0.947. The summed E-state index contributed by atoms with van der Waals surface area (Å²) in [6, 6.07) is 21.2. The fraction of sp³-hybridized carbons (Fsp3) is 0.0870. The van der Waals surface area contributed by atoms with Gasteiger partial charge in [0, 0.05) is 6.54 Å². The zero-order chi connectivity index (χ0) is 21.3. The number of carbonyl (C=O) groups is 3. The number of halogens is 1. The predicted molar refractivity (Wildman–Crippen MR) is 109 cm³/mol. The molecule has 0 aromatic heterocycles. The zero-order valence-corrected chi connectivity index (χ0v) is 15.9. The minimum absolute atomic E-state index is 0.258. The molecule has 0 unspecified atom stereocenters. The summed E-state index contributed by atoms with van der Waals surface area (Å²) in [6.07, 6.45) is 0. The molecule has 0 radical (unpaired) electrons. The summed E-state index contributed by atoms with van der Waals surface area (Å²) in [7, 11) is 0. The fourth-order valence-corrected chi connectivity index (χ4v) is 2.69. The van der Waals surface area contributed by atoms with Crippen molar-refractivity contribution in [2.24, 2.45) is 0 Å². The Hall–Kier alpha value is -4.00. The van der Waals surface area contributed by atoms with E-state index in [1.807, 2.05) is 30.3 Å². The Labute approximate surface area is 172 Å². The second kappa shape index (κ2) is 9.97. The first-order chi connectivity index (χ1) is 14.5. The van der Waals surface area contributed by atoms with Gasteiger partial charge in [0.2, 0.25) is 0 Å². The molecule has 0 aliphatic rings. The van der Waals surface area contributed by atoms with Crippen LogP contribution in [0.1, 0.15) is 26.3 Å². The number of hydrogen-bond acceptors (Lipinski definition) is 4. The summed E-state index contributed by atoms with van der Waals surface area (Å²) >= 11 is 0. The summed E-state index contributed by atoms with van der Waals surface area (Å²) in [5.74, 6) is -2.69. The Morgan fingerprint density at radius 3 is 2.17 bits per heavy atom. The lowest BCUT2D eigenvalue weighted by Gasteiger charge is -2.12. The van der Waals surface area contributed by atoms with E-state index < -0.39 is 24.3 Å². The van der Waals surface area contributed by atoms with Gasteiger partial charge in [-0.2, -0.15) is 0 Å². The first-order valence-corrected chi connectivity index (χ1v) is 9.17. The lowest BCUT2D eigenvalue weighted by Crippen LogP contribution is -2.26. The van der Waals surface area contributed by atoms with Crippen molar-refractivity contribution in [3.8, 4) is 0 Å². The van der Waals surface area contributed by atoms with Gasteiger partial charge in [0.15, 0.2) is 6.61 Å². The van der Waals surface area contributed by atoms with Crippen LogP contribution in [0.2, 0.25) is 0 Å². The maximum atomic E-state index is 13.6. The Morgan fingerprint density at radius 2 is 1.43 bits per heavy atom. The van der Waals surface area contributed by atoms with Crippen LogP contribution in [0.5, 0.6) is 0 Å². The van der Waals surface area contributed by atoms with Crippen LogP contribution in [0.3, 0.4) is 0 Å². The van der Waals surface area contributed by atoms with E-state index in [1.54, 1.807) is 24.3 Å². The van der Waals surface area contributed by atoms with Crippen LogP contribution in [0.4, 0.5) is 10.1 Å². The SMILES string of the molecule is O=C(COC(=O)c1ccccc1F)Nc1ccccc1C(=O)NCc1ccccc1. The molecule has 0 heterocycles. The standard InChI is InChI=1S/C23H19FN2O4/c24-19-12-6-4-10-17(19)23(29)30-15-21(27)26-20-13-7-5-11-18(20)22(28)25-14-16-8-2-1-3-9-16/h1-13H,14-15H2,(H,25,28)(H,26,27). The van der Waals surface area contributed by atoms with Crippen molar-refractivity contribution in [3.05, 3.63) is 101 Å². The highest BCUT2D eigenvalue weighted by Gasteiger charge is 2.16. The lowest BCUT2D eigenvalue weighted by atomic mass is 10.1. The van der Waals surface area contributed by atoms with E-state index in [0.717, 1.165) is 11.6 Å². The van der Waals surface area contributed by atoms with E-state index in [1.165, 1.54) is 18.2 Å². The molecule has 0 saturated heterocycles. The highest BCUT2D eigenvalue weighted by Crippen LogP contribution is 2.15. The van der Waals surface area contributed by atoms with Gasteiger partial charge >= 0.3 is 5.97 Å². The summed E-state index contributed by atoms with van der Waals surface area (Å²) in [6.45, 7) is -0.282. The van der Waals surface area contributed by atoms with Gasteiger partial charge in [0.05, 0.1) is 16.8 Å². The van der Waals surface area contributed by atoms with Crippen LogP contribution in [-0.2, 0) is 16.1 Å². The fourth-order valence-electron chi connectivity index (χ4n) is 2.69. The Balaban J connectivity index is 1.58. The summed E-state index contributed by atoms with van der Waals surface area (Å²) in [5.41, 5.74) is 1.22. The molecule has 6 nitrogen and oxygen atoms in total. The van der Waals surface area contributed by atoms with Gasteiger partial charge < -0.3 is 15.4 Å². The molecule has 2 amide bonds. The molecule has 0 aliphatic carbocycles. The molecule has 30 heavy (non-hydrogen) atoms. The smallest absolute Gasteiger partial charge is 0.341 e. The molecule has 0 aliphatic heterocycles. The van der Waals surface area contributed by atoms with E-state index in [4.69, 9.17) is 4.74 Å². The zero-order valence-electron chi connectivity index (χ0n) is 15.9. The Bertz CT molecular complexity index is 1050. The van der Waals surface area contributed by atoms with Gasteiger partial charge in [-0.05, 0) is 29.8 Å². The van der Waals surface area contributed by atoms with Crippen molar-refractivity contribution in [1.82, 2.24) is 5.32 Å². The van der Waals surface area contributed by atoms with Gasteiger partial charge in [0.25, 0.3) is 11.8 Å². The first kappa shape index (κ1) is 20.7. The van der Waals surface area contributed by atoms with Crippen molar-refractivity contribution in [3.63, 3.8) is 0 Å². The van der Waals surface area contributed by atoms with Crippen molar-refractivity contribution in [2.45, 2.75) is 6.54 Å². The third kappa shape index (κ3) is 5.51. The minimum Gasteiger partial charge on any atom is -0.452 e. The van der Waals surface area contributed by atoms with E-state index in [-0.39, 0.29) is 22.7 Å². The Kier molecular flexibility index (Phi) is 6.89. The molecular weight excluding hydrogens is 387 g/mol. The van der Waals surface area contributed by atoms with Crippen molar-refractivity contribution in [1.29, 1.82) is 0 Å². The van der Waals surface area contributed by atoms with Crippen molar-refractivity contribution < 1.29 is 23.5 Å². The van der Waals surface area contributed by atoms with Gasteiger partial charge in [-0.25, -0.2) is 9.18 Å². The normalized spacial score (nSPS) is 10.2. The van der Waals surface area contributed by atoms with Gasteiger partial charge in [-0.3, -0.25) is 9.59 Å². The number of nitrogens with one attached hydrogen (secondary N) is 2. The number of hydrogen-bond donors (Lipinski definition) is 2. The van der Waals surface area contributed by atoms with Gasteiger partial charge in [-0.15, -0.1) is 0 Å². The van der Waals surface area contributed by atoms with Crippen LogP contribution in [0.15, 0.2) is 78.9 Å². The van der Waals surface area contributed by atoms with E-state index in [2.05, 4.69) is 10.6 Å². The highest BCUT2D eigenvalue weighted by atomic mass is 19.1. The molecule has 152 valence electrons. The summed E-state index contributed by atoms with van der Waals surface area (Å²) < 4.78 is 18.5. The highest BCUT2D eigenvalue weighted by molar-refractivity contribution is 6.04. The number of amides is 2. The molecule has 7 heteroatoms. The summed E-state index contributed by atoms with van der Waals surface area (Å²) in [4.78, 5) is 36.6. The molecule has 0 atom stereocenters. The predicted octanol–water partition coefficient (Wildman–Crippen LogP) is 3.55. The van der Waals surface area contributed by atoms with E-state index in [9.17, 15) is 18.8 Å². The number of benzene rings is 3. The molecule has 3 rings (SSSR count). The Morgan fingerprint density at radius 1 is 0.800 bits per heavy atom. The number of anilines is 1. The molecule has 0 spiro atoms. The molecule has 3 aromatic rings. The first-order valence-electron chi connectivity index (χ1n) is 9.17. The molecule has 2 N–H and O–H groups in total. The largest absolute Gasteiger partial charge is 0.452 e. The van der Waals surface area contributed by atoms with Gasteiger partial charge in [-0.1, -0.05) is 54.6 Å². The maximum Gasteiger partial charge on any atom is 0.341 e. The van der Waals surface area contributed by atoms with Crippen LogP contribution in [-0.4, -0.2) is 24.4 Å². The van der Waals surface area contributed by atoms with Crippen LogP contribution in [0.25, 0.3) is 0 Å². The third-order valence-electron chi connectivity index (χ3n) is 4.17. The second-order valence-electron chi connectivity index (χ2n) is 6.32. The van der Waals surface area contributed by atoms with Crippen molar-refractivity contribution in [2.75, 3.05) is 11.9 Å². The van der Waals surface area contributed by atoms with E-state index >= 15 is 0 Å². The third-order valence-corrected chi connectivity index (χ3v) is 4.17. The molecule has 0 fully saturated rings. The average molecular weight is 406 g/mol. The summed E-state index contributed by atoms with van der Waals surface area (Å²) in [5, 5.41) is 5.33. The van der Waals surface area contributed by atoms with Crippen LogP contribution < -0.4 is 10.6 Å². The topological polar surface area (TPSA) is 84.5 Å². The quantitative estimate of drug-likeness (QED) is 0.588. The van der Waals surface area contributed by atoms with Crippen LogP contribution in [0, 0.1) is 5.82 Å². The molecule has 3 aromatic carbocycles. The van der Waals surface area contributed by atoms with Crippen LogP contribution >= 0.6 is 0 Å². The number of carbonyl (C=O) groups excluding carboxylic acids is 3. The van der Waals surface area contributed by atoms with Gasteiger partial charge in [0.1, 0.15) is 5.82 Å². The number of ether oxygens (including phenoxy) is 1. The lowest BCUT2D eigenvalue weighted by molar-refractivity contribution is -0.119. The van der Waals surface area contributed by atoms with E-state index in [0.29, 0.717) is 6.54 Å². The maximum absolute atomic E-state index is 13.6. The second-order valence-corrected chi connectivity index (χ2v) is 6.32. The monoisotopic (exact) mass is 406 g/mol. The molecule has 0 bridgehead atoms. The molecule has 0 saturated carbocycles. The number of rotatable bonds is 7.